The molecule has 0 spiro atoms. The molecule has 0 radical (unpaired) electrons. The molecule has 0 heteroatoms. The molecule has 0 nitrogen and oxygen atoms in total. The number of rotatable bonds is 2. The van der Waals surface area contributed by atoms with Crippen LogP contribution < -0.4 is 0 Å². The molecule has 238 valence electrons. The van der Waals surface area contributed by atoms with Gasteiger partial charge in [0.1, 0.15) is 0 Å². The largest absolute Gasteiger partial charge is 0.0726 e. The first-order chi connectivity index (χ1) is 23.6. The standard InChI is InChI=1S/C49H42/c1-47(2,3)33-25-27-37-38-28-26-34(48(4,5)6)30-42(38)46-44(41(37)29-33)43-39-23-15-13-21-35(39)36-22-14-16-24-40(36)45(43)49(46,31-17-9-7-10-18-31)32-19-11-8-12-20-32/h7-30H,1-6H3. The molecular weight excluding hydrogens is 589 g/mol. The van der Waals surface area contributed by atoms with Crippen molar-refractivity contribution in [3.63, 3.8) is 0 Å². The normalized spacial score (nSPS) is 14.1. The zero-order chi connectivity index (χ0) is 33.7. The van der Waals surface area contributed by atoms with Gasteiger partial charge in [0.05, 0.1) is 5.41 Å². The number of hydrogen-bond donors (Lipinski definition) is 0. The van der Waals surface area contributed by atoms with Crippen molar-refractivity contribution >= 4 is 43.1 Å². The van der Waals surface area contributed by atoms with Gasteiger partial charge in [0.2, 0.25) is 0 Å². The Bertz CT molecular complexity index is 2550. The van der Waals surface area contributed by atoms with Gasteiger partial charge in [-0.3, -0.25) is 0 Å². The summed E-state index contributed by atoms with van der Waals surface area (Å²) in [6.45, 7) is 14.0. The molecule has 0 unspecified atom stereocenters. The Hall–Kier alpha value is -5.20. The summed E-state index contributed by atoms with van der Waals surface area (Å²) in [5.74, 6) is 0. The maximum Gasteiger partial charge on any atom is 0.0726 e. The molecule has 0 aromatic heterocycles. The van der Waals surface area contributed by atoms with Crippen LogP contribution in [0.4, 0.5) is 0 Å². The van der Waals surface area contributed by atoms with Crippen LogP contribution in [0, 0.1) is 0 Å². The molecule has 0 atom stereocenters. The van der Waals surface area contributed by atoms with E-state index in [0.717, 1.165) is 0 Å². The van der Waals surface area contributed by atoms with Crippen molar-refractivity contribution in [3.05, 3.63) is 179 Å². The minimum Gasteiger partial charge on any atom is -0.0622 e. The first kappa shape index (κ1) is 29.9. The predicted molar refractivity (Wildman–Crippen MR) is 211 cm³/mol. The molecule has 0 heterocycles. The molecule has 1 aliphatic rings. The van der Waals surface area contributed by atoms with Crippen molar-refractivity contribution in [3.8, 4) is 11.1 Å². The quantitative estimate of drug-likeness (QED) is 0.167. The highest BCUT2D eigenvalue weighted by Crippen LogP contribution is 2.63. The fraction of sp³-hybridized carbons (Fsp3) is 0.184. The zero-order valence-electron chi connectivity index (χ0n) is 29.4. The Labute approximate surface area is 290 Å². The van der Waals surface area contributed by atoms with E-state index in [9.17, 15) is 0 Å². The van der Waals surface area contributed by atoms with Crippen LogP contribution in [-0.4, -0.2) is 0 Å². The molecule has 9 rings (SSSR count). The topological polar surface area (TPSA) is 0 Å². The molecule has 1 aliphatic carbocycles. The van der Waals surface area contributed by atoms with Crippen LogP contribution in [0.3, 0.4) is 0 Å². The minimum absolute atomic E-state index is 0.000867. The smallest absolute Gasteiger partial charge is 0.0622 e. The third-order valence-corrected chi connectivity index (χ3v) is 11.2. The van der Waals surface area contributed by atoms with Gasteiger partial charge in [-0.05, 0) is 104 Å². The Morgan fingerprint density at radius 3 is 1.22 bits per heavy atom. The number of hydrogen-bond acceptors (Lipinski definition) is 0. The van der Waals surface area contributed by atoms with E-state index in [-0.39, 0.29) is 10.8 Å². The molecular formula is C49H42. The van der Waals surface area contributed by atoms with Crippen molar-refractivity contribution in [2.24, 2.45) is 0 Å². The summed E-state index contributed by atoms with van der Waals surface area (Å²) in [5.41, 5.74) is 10.3. The van der Waals surface area contributed by atoms with E-state index in [1.807, 2.05) is 0 Å². The van der Waals surface area contributed by atoms with Crippen molar-refractivity contribution < 1.29 is 0 Å². The Morgan fingerprint density at radius 1 is 0.327 bits per heavy atom. The summed E-state index contributed by atoms with van der Waals surface area (Å²) in [6.07, 6.45) is 0. The van der Waals surface area contributed by atoms with Crippen molar-refractivity contribution in [2.75, 3.05) is 0 Å². The van der Waals surface area contributed by atoms with E-state index in [1.165, 1.54) is 87.6 Å². The summed E-state index contributed by atoms with van der Waals surface area (Å²) in [5, 5.41) is 10.6. The van der Waals surface area contributed by atoms with E-state index in [1.54, 1.807) is 0 Å². The van der Waals surface area contributed by atoms with Gasteiger partial charge in [-0.1, -0.05) is 181 Å². The van der Waals surface area contributed by atoms with Crippen LogP contribution in [0.5, 0.6) is 0 Å². The van der Waals surface area contributed by atoms with Gasteiger partial charge in [0.25, 0.3) is 0 Å². The van der Waals surface area contributed by atoms with Crippen LogP contribution in [0.15, 0.2) is 146 Å². The van der Waals surface area contributed by atoms with Gasteiger partial charge in [0.15, 0.2) is 0 Å². The van der Waals surface area contributed by atoms with Gasteiger partial charge in [-0.15, -0.1) is 0 Å². The molecule has 0 saturated heterocycles. The highest BCUT2D eigenvalue weighted by Gasteiger charge is 2.50. The first-order valence-corrected chi connectivity index (χ1v) is 17.7. The van der Waals surface area contributed by atoms with Crippen molar-refractivity contribution in [1.29, 1.82) is 0 Å². The zero-order valence-corrected chi connectivity index (χ0v) is 29.4. The Balaban J connectivity index is 1.67. The van der Waals surface area contributed by atoms with E-state index < -0.39 is 5.41 Å². The molecule has 0 amide bonds. The molecule has 8 aromatic carbocycles. The lowest BCUT2D eigenvalue weighted by atomic mass is 9.65. The Morgan fingerprint density at radius 2 is 0.694 bits per heavy atom. The number of fused-ring (bicyclic) bond motifs is 13. The molecule has 0 aliphatic heterocycles. The van der Waals surface area contributed by atoms with Crippen molar-refractivity contribution in [1.82, 2.24) is 0 Å². The fourth-order valence-electron chi connectivity index (χ4n) is 8.86. The average molecular weight is 631 g/mol. The van der Waals surface area contributed by atoms with E-state index in [0.29, 0.717) is 0 Å². The van der Waals surface area contributed by atoms with Crippen LogP contribution in [0.1, 0.15) is 74.9 Å². The summed E-state index contributed by atoms with van der Waals surface area (Å²) < 4.78 is 0. The lowest BCUT2D eigenvalue weighted by Gasteiger charge is -2.36. The van der Waals surface area contributed by atoms with E-state index >= 15 is 0 Å². The summed E-state index contributed by atoms with van der Waals surface area (Å²) >= 11 is 0. The molecule has 0 saturated carbocycles. The lowest BCUT2D eigenvalue weighted by Crippen LogP contribution is -2.29. The minimum atomic E-state index is -0.558. The second-order valence-electron chi connectivity index (χ2n) is 16.1. The van der Waals surface area contributed by atoms with Gasteiger partial charge in [-0.2, -0.15) is 0 Å². The molecule has 49 heavy (non-hydrogen) atoms. The van der Waals surface area contributed by atoms with Crippen molar-refractivity contribution in [2.45, 2.75) is 57.8 Å². The van der Waals surface area contributed by atoms with Gasteiger partial charge in [0, 0.05) is 0 Å². The van der Waals surface area contributed by atoms with Crippen LogP contribution in [-0.2, 0) is 16.2 Å². The van der Waals surface area contributed by atoms with E-state index in [4.69, 9.17) is 0 Å². The Kier molecular flexibility index (Phi) is 6.35. The molecule has 8 aromatic rings. The monoisotopic (exact) mass is 630 g/mol. The maximum absolute atomic E-state index is 2.53. The van der Waals surface area contributed by atoms with Crippen LogP contribution in [0.25, 0.3) is 54.2 Å². The highest BCUT2D eigenvalue weighted by atomic mass is 14.5. The fourth-order valence-corrected chi connectivity index (χ4v) is 8.86. The van der Waals surface area contributed by atoms with Crippen LogP contribution in [0.2, 0.25) is 0 Å². The maximum atomic E-state index is 2.53. The first-order valence-electron chi connectivity index (χ1n) is 17.7. The van der Waals surface area contributed by atoms with Gasteiger partial charge in [-0.25, -0.2) is 0 Å². The van der Waals surface area contributed by atoms with Gasteiger partial charge >= 0.3 is 0 Å². The second-order valence-corrected chi connectivity index (χ2v) is 16.1. The van der Waals surface area contributed by atoms with Gasteiger partial charge < -0.3 is 0 Å². The number of benzene rings is 8. The summed E-state index contributed by atoms with van der Waals surface area (Å²) in [7, 11) is 0. The SMILES string of the molecule is CC(C)(C)c1ccc2c(c1)c1c(c3cc(C(C)(C)C)ccc32)C(c2ccccc2)(c2ccccc2)c2c-1c1ccccc1c1ccccc21. The second kappa shape index (κ2) is 10.4. The lowest BCUT2D eigenvalue weighted by molar-refractivity contribution is 0.590. The summed E-state index contributed by atoms with van der Waals surface area (Å²) in [4.78, 5) is 0. The third-order valence-electron chi connectivity index (χ3n) is 11.2. The average Bonchev–Trinajstić information content (AvgIpc) is 3.45. The van der Waals surface area contributed by atoms with E-state index in [2.05, 4.69) is 187 Å². The highest BCUT2D eigenvalue weighted by molar-refractivity contribution is 6.27. The third kappa shape index (κ3) is 4.16. The molecule has 0 N–H and O–H groups in total. The summed E-state index contributed by atoms with van der Waals surface area (Å²) in [6, 6.07) is 55.5. The molecule has 0 bridgehead atoms. The molecule has 0 fully saturated rings. The van der Waals surface area contributed by atoms with Crippen LogP contribution >= 0.6 is 0 Å². The predicted octanol–water partition coefficient (Wildman–Crippen LogP) is 13.3.